The summed E-state index contributed by atoms with van der Waals surface area (Å²) in [5, 5.41) is 14.8. The number of nitrogens with zero attached hydrogens (tertiary/aromatic N) is 2. The van der Waals surface area contributed by atoms with E-state index >= 15 is 0 Å². The van der Waals surface area contributed by atoms with Gasteiger partial charge in [0.15, 0.2) is 0 Å². The number of aromatic nitrogens is 2. The van der Waals surface area contributed by atoms with Crippen LogP contribution in [-0.4, -0.2) is 26.5 Å². The minimum Gasteiger partial charge on any atom is -0.389 e. The molecule has 0 unspecified atom stereocenters. The molecule has 0 spiro atoms. The highest BCUT2D eigenvalue weighted by atomic mass is 16.3. The van der Waals surface area contributed by atoms with Crippen molar-refractivity contribution in [1.82, 2.24) is 9.78 Å². The largest absolute Gasteiger partial charge is 0.389 e. The summed E-state index contributed by atoms with van der Waals surface area (Å²) in [6, 6.07) is 2.32. The van der Waals surface area contributed by atoms with Gasteiger partial charge in [0.25, 0.3) is 0 Å². The van der Waals surface area contributed by atoms with Crippen molar-refractivity contribution in [2.24, 2.45) is 12.8 Å². The van der Waals surface area contributed by atoms with Crippen LogP contribution < -0.4 is 5.73 Å². The molecule has 0 saturated heterocycles. The average Bonchev–Trinajstić information content (AvgIpc) is 2.51. The Labute approximate surface area is 96.5 Å². The summed E-state index contributed by atoms with van der Waals surface area (Å²) in [6.07, 6.45) is 4.15. The molecule has 0 bridgehead atoms. The van der Waals surface area contributed by atoms with Crippen LogP contribution >= 0.6 is 0 Å². The van der Waals surface area contributed by atoms with Gasteiger partial charge in [-0.1, -0.05) is 0 Å². The molecule has 1 aliphatic carbocycles. The van der Waals surface area contributed by atoms with E-state index < -0.39 is 5.60 Å². The van der Waals surface area contributed by atoms with Crippen LogP contribution in [0.1, 0.15) is 37.1 Å². The number of nitrogens with two attached hydrogens (primary N) is 1. The van der Waals surface area contributed by atoms with Crippen LogP contribution in [0.25, 0.3) is 0 Å². The Balaban J connectivity index is 2.06. The van der Waals surface area contributed by atoms with Crippen LogP contribution in [0.5, 0.6) is 0 Å². The second kappa shape index (κ2) is 4.18. The molecular formula is C12H21N3O. The van der Waals surface area contributed by atoms with Gasteiger partial charge >= 0.3 is 0 Å². The quantitative estimate of drug-likeness (QED) is 0.783. The van der Waals surface area contributed by atoms with E-state index in [-0.39, 0.29) is 6.04 Å². The second-order valence-corrected chi connectivity index (χ2v) is 5.14. The molecule has 90 valence electrons. The van der Waals surface area contributed by atoms with Crippen LogP contribution in [0, 0.1) is 6.92 Å². The predicted molar refractivity (Wildman–Crippen MR) is 63.0 cm³/mol. The van der Waals surface area contributed by atoms with Crippen LogP contribution in [0.15, 0.2) is 6.07 Å². The van der Waals surface area contributed by atoms with E-state index in [1.165, 1.54) is 0 Å². The first kappa shape index (κ1) is 11.6. The smallest absolute Gasteiger partial charge is 0.0704 e. The molecular weight excluding hydrogens is 202 g/mol. The summed E-state index contributed by atoms with van der Waals surface area (Å²) in [5.74, 6) is 0. The molecule has 1 fully saturated rings. The third-order valence-corrected chi connectivity index (χ3v) is 3.57. The summed E-state index contributed by atoms with van der Waals surface area (Å²) in [5.41, 5.74) is 7.40. The molecule has 16 heavy (non-hydrogen) atoms. The van der Waals surface area contributed by atoms with Crippen molar-refractivity contribution < 1.29 is 5.11 Å². The van der Waals surface area contributed by atoms with Crippen molar-refractivity contribution in [3.63, 3.8) is 0 Å². The molecule has 0 aromatic carbocycles. The Bertz CT molecular complexity index is 364. The summed E-state index contributed by atoms with van der Waals surface area (Å²) in [6.45, 7) is 1.98. The minimum absolute atomic E-state index is 0.272. The maximum Gasteiger partial charge on any atom is 0.0704 e. The third-order valence-electron chi connectivity index (χ3n) is 3.57. The van der Waals surface area contributed by atoms with Crippen molar-refractivity contribution in [2.75, 3.05) is 0 Å². The van der Waals surface area contributed by atoms with Crippen molar-refractivity contribution in [1.29, 1.82) is 0 Å². The predicted octanol–water partition coefficient (Wildman–Crippen LogP) is 0.903. The zero-order valence-electron chi connectivity index (χ0n) is 10.1. The van der Waals surface area contributed by atoms with Crippen molar-refractivity contribution in [3.05, 3.63) is 17.5 Å². The first-order chi connectivity index (χ1) is 7.48. The summed E-state index contributed by atoms with van der Waals surface area (Å²) >= 11 is 0. The molecule has 0 aliphatic heterocycles. The fourth-order valence-corrected chi connectivity index (χ4v) is 2.52. The third kappa shape index (κ3) is 2.44. The summed E-state index contributed by atoms with van der Waals surface area (Å²) in [7, 11) is 1.93. The Hall–Kier alpha value is -0.870. The number of hydrogen-bond acceptors (Lipinski definition) is 3. The Morgan fingerprint density at radius 2 is 2.19 bits per heavy atom. The Kier molecular flexibility index (Phi) is 3.04. The van der Waals surface area contributed by atoms with Crippen LogP contribution in [0.3, 0.4) is 0 Å². The van der Waals surface area contributed by atoms with E-state index in [0.29, 0.717) is 6.42 Å². The highest BCUT2D eigenvalue weighted by Crippen LogP contribution is 2.30. The first-order valence-corrected chi connectivity index (χ1v) is 5.96. The van der Waals surface area contributed by atoms with Crippen molar-refractivity contribution >= 4 is 0 Å². The van der Waals surface area contributed by atoms with Gasteiger partial charge in [-0.25, -0.2) is 0 Å². The molecule has 0 amide bonds. The molecule has 2 rings (SSSR count). The number of hydrogen-bond donors (Lipinski definition) is 2. The zero-order valence-corrected chi connectivity index (χ0v) is 10.1. The lowest BCUT2D eigenvalue weighted by Gasteiger charge is -2.34. The maximum absolute atomic E-state index is 10.5. The van der Waals surface area contributed by atoms with Crippen molar-refractivity contribution in [3.8, 4) is 0 Å². The molecule has 1 aromatic rings. The molecule has 0 radical (unpaired) electrons. The average molecular weight is 223 g/mol. The van der Waals surface area contributed by atoms with E-state index in [0.717, 1.165) is 37.1 Å². The van der Waals surface area contributed by atoms with E-state index in [1.807, 2.05) is 24.7 Å². The maximum atomic E-state index is 10.5. The van der Waals surface area contributed by atoms with Crippen molar-refractivity contribution in [2.45, 2.75) is 50.7 Å². The van der Waals surface area contributed by atoms with Crippen LogP contribution in [-0.2, 0) is 13.5 Å². The topological polar surface area (TPSA) is 64.1 Å². The van der Waals surface area contributed by atoms with Gasteiger partial charge in [-0.05, 0) is 38.7 Å². The van der Waals surface area contributed by atoms with Gasteiger partial charge in [0.2, 0.25) is 0 Å². The van der Waals surface area contributed by atoms with Gasteiger partial charge < -0.3 is 10.8 Å². The van der Waals surface area contributed by atoms with Gasteiger partial charge in [-0.15, -0.1) is 0 Å². The van der Waals surface area contributed by atoms with Gasteiger partial charge in [0.1, 0.15) is 0 Å². The van der Waals surface area contributed by atoms with Gasteiger partial charge in [0, 0.05) is 25.2 Å². The lowest BCUT2D eigenvalue weighted by Crippen LogP contribution is -2.40. The monoisotopic (exact) mass is 223 g/mol. The minimum atomic E-state index is -0.573. The highest BCUT2D eigenvalue weighted by Gasteiger charge is 2.32. The van der Waals surface area contributed by atoms with E-state index in [1.54, 1.807) is 0 Å². The van der Waals surface area contributed by atoms with Crippen LogP contribution in [0.2, 0.25) is 0 Å². The Morgan fingerprint density at radius 3 is 2.69 bits per heavy atom. The first-order valence-electron chi connectivity index (χ1n) is 5.96. The summed E-state index contributed by atoms with van der Waals surface area (Å²) < 4.78 is 1.86. The fourth-order valence-electron chi connectivity index (χ4n) is 2.52. The molecule has 1 heterocycles. The lowest BCUT2D eigenvalue weighted by atomic mass is 9.79. The molecule has 4 heteroatoms. The second-order valence-electron chi connectivity index (χ2n) is 5.14. The molecule has 1 saturated carbocycles. The van der Waals surface area contributed by atoms with Gasteiger partial charge in [0.05, 0.1) is 11.3 Å². The van der Waals surface area contributed by atoms with Crippen LogP contribution in [0.4, 0.5) is 0 Å². The standard InChI is InChI=1S/C12H21N3O/c1-9-7-11(15(2)14-9)8-12(16)5-3-10(13)4-6-12/h7,10,16H,3-6,8,13H2,1-2H3. The number of rotatable bonds is 2. The molecule has 1 aromatic heterocycles. The highest BCUT2D eigenvalue weighted by molar-refractivity contribution is 5.12. The molecule has 1 aliphatic rings. The molecule has 0 atom stereocenters. The number of aryl methyl sites for hydroxylation is 2. The normalized spacial score (nSPS) is 30.6. The number of aliphatic hydroxyl groups is 1. The van der Waals surface area contributed by atoms with Gasteiger partial charge in [-0.2, -0.15) is 5.10 Å². The van der Waals surface area contributed by atoms with E-state index in [4.69, 9.17) is 5.73 Å². The fraction of sp³-hybridized carbons (Fsp3) is 0.750. The lowest BCUT2D eigenvalue weighted by molar-refractivity contribution is -0.00130. The molecule has 3 N–H and O–H groups in total. The Morgan fingerprint density at radius 1 is 1.56 bits per heavy atom. The van der Waals surface area contributed by atoms with E-state index in [2.05, 4.69) is 5.10 Å². The van der Waals surface area contributed by atoms with E-state index in [9.17, 15) is 5.11 Å². The zero-order chi connectivity index (χ0) is 11.8. The SMILES string of the molecule is Cc1cc(CC2(O)CCC(N)CC2)n(C)n1. The van der Waals surface area contributed by atoms with Gasteiger partial charge in [-0.3, -0.25) is 4.68 Å². The molecule has 4 nitrogen and oxygen atoms in total. The summed E-state index contributed by atoms with van der Waals surface area (Å²) in [4.78, 5) is 0.